The number of aryl methyl sites for hydroxylation is 1. The Bertz CT molecular complexity index is 787. The summed E-state index contributed by atoms with van der Waals surface area (Å²) in [6.45, 7) is 6.87. The second-order valence-electron chi connectivity index (χ2n) is 7.63. The highest BCUT2D eigenvalue weighted by Crippen LogP contribution is 2.44. The highest BCUT2D eigenvalue weighted by molar-refractivity contribution is 6.09. The van der Waals surface area contributed by atoms with Gasteiger partial charge in [0.15, 0.2) is 0 Å². The topological polar surface area (TPSA) is 80.0 Å². The number of carbonyl (C=O) groups excluding carboxylic acids is 1. The number of aromatic nitrogens is 2. The average Bonchev–Trinajstić information content (AvgIpc) is 3.36. The van der Waals surface area contributed by atoms with E-state index in [1.165, 1.54) is 19.1 Å². The molecule has 2 saturated carbocycles. The summed E-state index contributed by atoms with van der Waals surface area (Å²) in [5.41, 5.74) is 1.31. The van der Waals surface area contributed by atoms with Gasteiger partial charge in [-0.1, -0.05) is 6.92 Å². The number of carbonyl (C=O) groups is 1. The summed E-state index contributed by atoms with van der Waals surface area (Å²) in [5.74, 6) is 1.22. The van der Waals surface area contributed by atoms with Gasteiger partial charge in [0.25, 0.3) is 5.91 Å². The maximum absolute atomic E-state index is 12.6. The molecule has 2 fully saturated rings. The van der Waals surface area contributed by atoms with E-state index in [9.17, 15) is 4.79 Å². The lowest BCUT2D eigenvalue weighted by Crippen LogP contribution is -2.29. The first-order valence-electron chi connectivity index (χ1n) is 8.20. The van der Waals surface area contributed by atoms with E-state index in [0.29, 0.717) is 34.9 Å². The summed E-state index contributed by atoms with van der Waals surface area (Å²) < 4.78 is 5.52. The van der Waals surface area contributed by atoms with Crippen molar-refractivity contribution in [3.05, 3.63) is 17.7 Å². The van der Waals surface area contributed by atoms with Crippen LogP contribution in [0.3, 0.4) is 0 Å². The fraction of sp³-hybridized carbons (Fsp3) is 0.588. The minimum absolute atomic E-state index is 0.0697. The van der Waals surface area contributed by atoms with Crippen LogP contribution in [-0.2, 0) is 0 Å². The largest absolute Gasteiger partial charge is 0.445 e. The summed E-state index contributed by atoms with van der Waals surface area (Å²) >= 11 is 0. The Labute approximate surface area is 135 Å². The van der Waals surface area contributed by atoms with Crippen LogP contribution in [0.2, 0.25) is 0 Å². The van der Waals surface area contributed by atoms with Gasteiger partial charge in [0.1, 0.15) is 17.9 Å². The normalized spacial score (nSPS) is 20.3. The van der Waals surface area contributed by atoms with E-state index >= 15 is 0 Å². The Morgan fingerprint density at radius 1 is 1.26 bits per heavy atom. The van der Waals surface area contributed by atoms with Gasteiger partial charge in [0, 0.05) is 12.1 Å². The van der Waals surface area contributed by atoms with Crippen LogP contribution in [-0.4, -0.2) is 28.0 Å². The van der Waals surface area contributed by atoms with E-state index in [2.05, 4.69) is 34.4 Å². The molecule has 6 nitrogen and oxygen atoms in total. The molecule has 2 aromatic heterocycles. The van der Waals surface area contributed by atoms with Gasteiger partial charge in [0.05, 0.1) is 10.9 Å². The fourth-order valence-corrected chi connectivity index (χ4v) is 2.68. The molecule has 2 aromatic rings. The van der Waals surface area contributed by atoms with Crippen LogP contribution in [0.4, 0.5) is 5.82 Å². The quantitative estimate of drug-likeness (QED) is 0.886. The molecule has 0 bridgehead atoms. The van der Waals surface area contributed by atoms with Crippen LogP contribution in [0.25, 0.3) is 11.1 Å². The molecule has 0 unspecified atom stereocenters. The number of amides is 1. The molecule has 6 heteroatoms. The number of nitrogens with one attached hydrogen (secondary N) is 2. The summed E-state index contributed by atoms with van der Waals surface area (Å²) in [6, 6.07) is 0. The maximum Gasteiger partial charge on any atom is 0.255 e. The van der Waals surface area contributed by atoms with E-state index in [1.807, 2.05) is 6.92 Å². The first-order chi connectivity index (χ1) is 10.9. The first kappa shape index (κ1) is 14.5. The Hall–Kier alpha value is -2.11. The summed E-state index contributed by atoms with van der Waals surface area (Å²) in [5, 5.41) is 7.15. The third kappa shape index (κ3) is 2.78. The van der Waals surface area contributed by atoms with Crippen molar-refractivity contribution in [1.29, 1.82) is 0 Å². The monoisotopic (exact) mass is 314 g/mol. The van der Waals surface area contributed by atoms with E-state index in [-0.39, 0.29) is 16.9 Å². The summed E-state index contributed by atoms with van der Waals surface area (Å²) in [6.07, 6.45) is 6.05. The van der Waals surface area contributed by atoms with Gasteiger partial charge < -0.3 is 15.1 Å². The predicted octanol–water partition coefficient (Wildman–Crippen LogP) is 3.03. The average molecular weight is 314 g/mol. The molecular weight excluding hydrogens is 292 g/mol. The lowest BCUT2D eigenvalue weighted by Gasteiger charge is -2.14. The van der Waals surface area contributed by atoms with Crippen LogP contribution in [0.1, 0.15) is 55.7 Å². The number of anilines is 1. The molecule has 122 valence electrons. The lowest BCUT2D eigenvalue weighted by molar-refractivity contribution is 0.0947. The standard InChI is InChI=1S/C17H22N4O2/c1-10-19-13(21-17(3)6-7-17)12-11(8-23-15(12)20-10)14(22)18-9-16(2)4-5-16/h8H,4-7,9H2,1-3H3,(H,18,22)(H,19,20,21). The highest BCUT2D eigenvalue weighted by Gasteiger charge is 2.39. The van der Waals surface area contributed by atoms with Gasteiger partial charge in [0.2, 0.25) is 5.71 Å². The van der Waals surface area contributed by atoms with Gasteiger partial charge in [-0.2, -0.15) is 4.98 Å². The Kier molecular flexibility index (Phi) is 2.95. The van der Waals surface area contributed by atoms with Crippen LogP contribution in [0, 0.1) is 12.3 Å². The third-order valence-corrected chi connectivity index (χ3v) is 4.99. The van der Waals surface area contributed by atoms with Crippen molar-refractivity contribution in [2.45, 2.75) is 52.0 Å². The van der Waals surface area contributed by atoms with Crippen molar-refractivity contribution >= 4 is 22.8 Å². The lowest BCUT2D eigenvalue weighted by atomic mass is 10.1. The van der Waals surface area contributed by atoms with Crippen molar-refractivity contribution < 1.29 is 9.21 Å². The molecule has 2 heterocycles. The zero-order valence-electron chi connectivity index (χ0n) is 13.8. The second kappa shape index (κ2) is 4.69. The maximum atomic E-state index is 12.6. The van der Waals surface area contributed by atoms with E-state index in [1.54, 1.807) is 0 Å². The number of hydrogen-bond acceptors (Lipinski definition) is 5. The van der Waals surface area contributed by atoms with E-state index in [4.69, 9.17) is 4.42 Å². The van der Waals surface area contributed by atoms with Crippen molar-refractivity contribution in [2.75, 3.05) is 11.9 Å². The van der Waals surface area contributed by atoms with Crippen molar-refractivity contribution in [3.8, 4) is 0 Å². The highest BCUT2D eigenvalue weighted by atomic mass is 16.3. The second-order valence-corrected chi connectivity index (χ2v) is 7.63. The molecule has 2 N–H and O–H groups in total. The molecule has 4 rings (SSSR count). The molecule has 0 spiro atoms. The van der Waals surface area contributed by atoms with Gasteiger partial charge in [-0.15, -0.1) is 0 Å². The smallest absolute Gasteiger partial charge is 0.255 e. The molecule has 23 heavy (non-hydrogen) atoms. The first-order valence-corrected chi connectivity index (χ1v) is 8.20. The van der Waals surface area contributed by atoms with Crippen LogP contribution in [0.15, 0.2) is 10.7 Å². The molecule has 2 aliphatic carbocycles. The van der Waals surface area contributed by atoms with Gasteiger partial charge in [-0.3, -0.25) is 4.79 Å². The molecule has 0 atom stereocenters. The molecule has 1 amide bonds. The summed E-state index contributed by atoms with van der Waals surface area (Å²) in [7, 11) is 0. The molecule has 0 radical (unpaired) electrons. The number of fused-ring (bicyclic) bond motifs is 1. The zero-order valence-corrected chi connectivity index (χ0v) is 13.8. The van der Waals surface area contributed by atoms with Gasteiger partial charge in [-0.25, -0.2) is 4.98 Å². The van der Waals surface area contributed by atoms with Crippen molar-refractivity contribution in [2.24, 2.45) is 5.41 Å². The van der Waals surface area contributed by atoms with Gasteiger partial charge >= 0.3 is 0 Å². The molecule has 0 aromatic carbocycles. The fourth-order valence-electron chi connectivity index (χ4n) is 2.68. The van der Waals surface area contributed by atoms with E-state index in [0.717, 1.165) is 12.8 Å². The molecule has 2 aliphatic rings. The van der Waals surface area contributed by atoms with Crippen LogP contribution < -0.4 is 10.6 Å². The Morgan fingerprint density at radius 2 is 2.00 bits per heavy atom. The van der Waals surface area contributed by atoms with Gasteiger partial charge in [-0.05, 0) is 44.9 Å². The predicted molar refractivity (Wildman–Crippen MR) is 87.5 cm³/mol. The van der Waals surface area contributed by atoms with E-state index < -0.39 is 0 Å². The number of hydrogen-bond donors (Lipinski definition) is 2. The van der Waals surface area contributed by atoms with Crippen LogP contribution >= 0.6 is 0 Å². The van der Waals surface area contributed by atoms with Crippen molar-refractivity contribution in [1.82, 2.24) is 15.3 Å². The summed E-state index contributed by atoms with van der Waals surface area (Å²) in [4.78, 5) is 21.4. The zero-order chi connectivity index (χ0) is 16.2. The molecular formula is C17H22N4O2. The molecule has 0 aliphatic heterocycles. The number of furan rings is 1. The Morgan fingerprint density at radius 3 is 2.65 bits per heavy atom. The minimum atomic E-state index is -0.117. The minimum Gasteiger partial charge on any atom is -0.445 e. The molecule has 0 saturated heterocycles. The SMILES string of the molecule is Cc1nc(NC2(C)CC2)c2c(C(=O)NCC3(C)CC3)coc2n1. The number of rotatable bonds is 5. The van der Waals surface area contributed by atoms with Crippen molar-refractivity contribution in [3.63, 3.8) is 0 Å². The third-order valence-electron chi connectivity index (χ3n) is 4.99. The van der Waals surface area contributed by atoms with Crippen LogP contribution in [0.5, 0.6) is 0 Å². The Balaban J connectivity index is 1.67. The number of nitrogens with zero attached hydrogens (tertiary/aromatic N) is 2.